The fourth-order valence-corrected chi connectivity index (χ4v) is 2.58. The molecule has 4 atom stereocenters. The quantitative estimate of drug-likeness (QED) is 0.772. The molecule has 0 aliphatic heterocycles. The Balaban J connectivity index is 2.45. The van der Waals surface area contributed by atoms with Gasteiger partial charge in [0.15, 0.2) is 0 Å². The van der Waals surface area contributed by atoms with Crippen LogP contribution in [0.2, 0.25) is 0 Å². The molecule has 3 N–H and O–H groups in total. The highest BCUT2D eigenvalue weighted by Gasteiger charge is 2.32. The molecule has 0 aromatic heterocycles. The van der Waals surface area contributed by atoms with Crippen molar-refractivity contribution in [3.63, 3.8) is 0 Å². The van der Waals surface area contributed by atoms with Crippen molar-refractivity contribution in [3.8, 4) is 0 Å². The maximum absolute atomic E-state index is 12.2. The van der Waals surface area contributed by atoms with E-state index in [1.807, 2.05) is 7.05 Å². The lowest BCUT2D eigenvalue weighted by atomic mass is 9.77. The minimum absolute atomic E-state index is 0.119. The predicted molar refractivity (Wildman–Crippen MR) is 68.4 cm³/mol. The van der Waals surface area contributed by atoms with E-state index in [1.54, 1.807) is 11.8 Å². The highest BCUT2D eigenvalue weighted by molar-refractivity contribution is 5.79. The second-order valence-electron chi connectivity index (χ2n) is 5.55. The van der Waals surface area contributed by atoms with Crippen LogP contribution in [0.1, 0.15) is 39.5 Å². The van der Waals surface area contributed by atoms with E-state index in [4.69, 9.17) is 5.73 Å². The van der Waals surface area contributed by atoms with Crippen LogP contribution in [0.4, 0.5) is 0 Å². The smallest absolute Gasteiger partial charge is 0.225 e. The van der Waals surface area contributed by atoms with E-state index in [9.17, 15) is 9.90 Å². The van der Waals surface area contributed by atoms with Gasteiger partial charge in [0, 0.05) is 25.6 Å². The molecule has 1 aliphatic carbocycles. The van der Waals surface area contributed by atoms with Crippen molar-refractivity contribution in [1.82, 2.24) is 4.90 Å². The molecule has 100 valence electrons. The van der Waals surface area contributed by atoms with E-state index >= 15 is 0 Å². The van der Waals surface area contributed by atoms with Crippen LogP contribution in [0.5, 0.6) is 0 Å². The Kier molecular flexibility index (Phi) is 5.40. The van der Waals surface area contributed by atoms with Crippen LogP contribution in [-0.2, 0) is 4.79 Å². The third kappa shape index (κ3) is 4.28. The molecule has 0 spiro atoms. The van der Waals surface area contributed by atoms with E-state index in [2.05, 4.69) is 6.92 Å². The molecule has 1 amide bonds. The molecule has 1 rings (SSSR count). The van der Waals surface area contributed by atoms with Gasteiger partial charge in [0.05, 0.1) is 6.10 Å². The summed E-state index contributed by atoms with van der Waals surface area (Å²) >= 11 is 0. The summed E-state index contributed by atoms with van der Waals surface area (Å²) in [6.07, 6.45) is 3.09. The number of amides is 1. The van der Waals surface area contributed by atoms with Gasteiger partial charge in [-0.3, -0.25) is 4.79 Å². The highest BCUT2D eigenvalue weighted by Crippen LogP contribution is 2.30. The maximum atomic E-state index is 12.2. The van der Waals surface area contributed by atoms with Crippen LogP contribution < -0.4 is 5.73 Å². The molecule has 17 heavy (non-hydrogen) atoms. The summed E-state index contributed by atoms with van der Waals surface area (Å²) in [4.78, 5) is 14.0. The van der Waals surface area contributed by atoms with Crippen molar-refractivity contribution >= 4 is 5.91 Å². The van der Waals surface area contributed by atoms with Crippen molar-refractivity contribution < 1.29 is 9.90 Å². The average Bonchev–Trinajstić information content (AvgIpc) is 2.25. The Morgan fingerprint density at radius 2 is 2.18 bits per heavy atom. The Morgan fingerprint density at radius 1 is 1.53 bits per heavy atom. The Labute approximate surface area is 104 Å². The molecule has 1 fully saturated rings. The molecule has 1 saturated carbocycles. The molecular formula is C13H26N2O2. The van der Waals surface area contributed by atoms with Gasteiger partial charge in [-0.05, 0) is 38.5 Å². The standard InChI is InChI=1S/C13H26N2O2/c1-9-8-11(14)4-5-12(9)13(17)15(3)7-6-10(2)16/h9-12,16H,4-8,14H2,1-3H3. The molecule has 0 bridgehead atoms. The second-order valence-corrected chi connectivity index (χ2v) is 5.55. The minimum Gasteiger partial charge on any atom is -0.393 e. The molecule has 1 aliphatic rings. The first-order valence-electron chi connectivity index (χ1n) is 6.60. The SMILES string of the molecule is CC(O)CCN(C)C(=O)C1CCC(N)CC1C. The van der Waals surface area contributed by atoms with Crippen molar-refractivity contribution in [2.75, 3.05) is 13.6 Å². The zero-order valence-corrected chi connectivity index (χ0v) is 11.2. The third-order valence-corrected chi connectivity index (χ3v) is 3.79. The van der Waals surface area contributed by atoms with Crippen LogP contribution >= 0.6 is 0 Å². The average molecular weight is 242 g/mol. The third-order valence-electron chi connectivity index (χ3n) is 3.79. The lowest BCUT2D eigenvalue weighted by Gasteiger charge is -2.34. The van der Waals surface area contributed by atoms with Gasteiger partial charge in [0.25, 0.3) is 0 Å². The summed E-state index contributed by atoms with van der Waals surface area (Å²) in [6.45, 7) is 4.50. The van der Waals surface area contributed by atoms with Crippen molar-refractivity contribution in [1.29, 1.82) is 0 Å². The van der Waals surface area contributed by atoms with Crippen molar-refractivity contribution in [3.05, 3.63) is 0 Å². The summed E-state index contributed by atoms with van der Waals surface area (Å²) in [5.74, 6) is 0.707. The van der Waals surface area contributed by atoms with Gasteiger partial charge in [0.2, 0.25) is 5.91 Å². The van der Waals surface area contributed by atoms with Gasteiger partial charge in [0.1, 0.15) is 0 Å². The predicted octanol–water partition coefficient (Wildman–Crippen LogP) is 0.979. The number of carbonyl (C=O) groups excluding carboxylic acids is 1. The first-order chi connectivity index (χ1) is 7.91. The lowest BCUT2D eigenvalue weighted by Crippen LogP contribution is -2.42. The second kappa shape index (κ2) is 6.36. The number of rotatable bonds is 4. The number of nitrogens with zero attached hydrogens (tertiary/aromatic N) is 1. The van der Waals surface area contributed by atoms with Gasteiger partial charge >= 0.3 is 0 Å². The zero-order valence-electron chi connectivity index (χ0n) is 11.2. The molecule has 0 aromatic rings. The van der Waals surface area contributed by atoms with Gasteiger partial charge in [-0.2, -0.15) is 0 Å². The first-order valence-corrected chi connectivity index (χ1v) is 6.60. The highest BCUT2D eigenvalue weighted by atomic mass is 16.3. The van der Waals surface area contributed by atoms with E-state index in [1.165, 1.54) is 0 Å². The zero-order chi connectivity index (χ0) is 13.0. The molecule has 0 radical (unpaired) electrons. The Morgan fingerprint density at radius 3 is 2.71 bits per heavy atom. The topological polar surface area (TPSA) is 66.6 Å². The Bertz CT molecular complexity index is 256. The van der Waals surface area contributed by atoms with Crippen molar-refractivity contribution in [2.24, 2.45) is 17.6 Å². The normalized spacial score (nSPS) is 31.0. The molecule has 0 heterocycles. The fourth-order valence-electron chi connectivity index (χ4n) is 2.58. The number of hydrogen-bond acceptors (Lipinski definition) is 3. The van der Waals surface area contributed by atoms with Gasteiger partial charge in [-0.25, -0.2) is 0 Å². The Hall–Kier alpha value is -0.610. The van der Waals surface area contributed by atoms with Crippen LogP contribution in [0, 0.1) is 11.8 Å². The summed E-state index contributed by atoms with van der Waals surface area (Å²) in [6, 6.07) is 0.261. The first kappa shape index (κ1) is 14.5. The number of aliphatic hydroxyl groups is 1. The number of carbonyl (C=O) groups is 1. The van der Waals surface area contributed by atoms with Crippen LogP contribution in [0.25, 0.3) is 0 Å². The van der Waals surface area contributed by atoms with E-state index in [0.29, 0.717) is 18.9 Å². The molecule has 4 unspecified atom stereocenters. The van der Waals surface area contributed by atoms with Crippen molar-refractivity contribution in [2.45, 2.75) is 51.7 Å². The molecule has 4 heteroatoms. The number of nitrogens with two attached hydrogens (primary N) is 1. The maximum Gasteiger partial charge on any atom is 0.225 e. The van der Waals surface area contributed by atoms with Crippen LogP contribution in [-0.4, -0.2) is 41.7 Å². The van der Waals surface area contributed by atoms with E-state index in [-0.39, 0.29) is 24.0 Å². The molecule has 0 aromatic carbocycles. The van der Waals surface area contributed by atoms with Gasteiger partial charge in [-0.1, -0.05) is 6.92 Å². The van der Waals surface area contributed by atoms with Gasteiger partial charge < -0.3 is 15.7 Å². The summed E-state index contributed by atoms with van der Waals surface area (Å²) in [5, 5.41) is 9.23. The fraction of sp³-hybridized carbons (Fsp3) is 0.923. The summed E-state index contributed by atoms with van der Waals surface area (Å²) in [7, 11) is 1.83. The number of aliphatic hydroxyl groups excluding tert-OH is 1. The largest absolute Gasteiger partial charge is 0.393 e. The van der Waals surface area contributed by atoms with Crippen LogP contribution in [0.15, 0.2) is 0 Å². The summed E-state index contributed by atoms with van der Waals surface area (Å²) in [5.41, 5.74) is 5.90. The molecular weight excluding hydrogens is 216 g/mol. The van der Waals surface area contributed by atoms with Crippen LogP contribution in [0.3, 0.4) is 0 Å². The number of hydrogen-bond donors (Lipinski definition) is 2. The summed E-state index contributed by atoms with van der Waals surface area (Å²) < 4.78 is 0. The molecule has 0 saturated heterocycles. The molecule has 4 nitrogen and oxygen atoms in total. The van der Waals surface area contributed by atoms with E-state index < -0.39 is 0 Å². The monoisotopic (exact) mass is 242 g/mol. The minimum atomic E-state index is -0.345. The van der Waals surface area contributed by atoms with Gasteiger partial charge in [-0.15, -0.1) is 0 Å². The van der Waals surface area contributed by atoms with E-state index in [0.717, 1.165) is 19.3 Å². The lowest BCUT2D eigenvalue weighted by molar-refractivity contribution is -0.137.